The minimum absolute atomic E-state index is 0.0286. The van der Waals surface area contributed by atoms with Gasteiger partial charge in [-0.05, 0) is 0 Å². The van der Waals surface area contributed by atoms with Crippen LogP contribution in [-0.2, 0) is 11.3 Å². The molecule has 1 aromatic rings. The van der Waals surface area contributed by atoms with Crippen molar-refractivity contribution in [3.05, 3.63) is 35.9 Å². The van der Waals surface area contributed by atoms with Gasteiger partial charge in [0.15, 0.2) is 0 Å². The van der Waals surface area contributed by atoms with Gasteiger partial charge in [-0.2, -0.15) is 0 Å². The molecule has 0 heterocycles. The Kier molecular flexibility index (Phi) is 7.89. The first-order chi connectivity index (χ1) is 9.61. The number of aliphatic imine (C=N–C) groups is 1. The van der Waals surface area contributed by atoms with Crippen molar-refractivity contribution >= 4 is 26.4 Å². The molecule has 5 heteroatoms. The summed E-state index contributed by atoms with van der Waals surface area (Å²) in [6.07, 6.45) is 0.445. The number of alkyl carbamates (subject to hydrolysis) is 1. The van der Waals surface area contributed by atoms with Crippen LogP contribution in [0, 0.1) is 5.92 Å². The van der Waals surface area contributed by atoms with Gasteiger partial charge >= 0.3 is 127 Å². The molecule has 0 saturated carbocycles. The fraction of sp³-hybridized carbons (Fsp3) is 0.467. The second-order valence-corrected chi connectivity index (χ2v) is 5.35. The number of carbonyl (C=O) groups is 1. The fourth-order valence-corrected chi connectivity index (χ4v) is 1.98. The van der Waals surface area contributed by atoms with E-state index in [1.54, 1.807) is 0 Å². The van der Waals surface area contributed by atoms with Crippen LogP contribution < -0.4 is 5.32 Å². The Labute approximate surface area is 128 Å². The van der Waals surface area contributed by atoms with E-state index in [0.717, 1.165) is 12.0 Å². The molecule has 108 valence electrons. The molecule has 4 nitrogen and oxygen atoms in total. The van der Waals surface area contributed by atoms with Gasteiger partial charge in [0.05, 0.1) is 0 Å². The molecule has 1 N–H and O–H groups in total. The van der Waals surface area contributed by atoms with E-state index >= 15 is 0 Å². The first-order valence-corrected chi connectivity index (χ1v) is 7.48. The van der Waals surface area contributed by atoms with Gasteiger partial charge in [0.25, 0.3) is 0 Å². The number of amides is 1. The van der Waals surface area contributed by atoms with Crippen LogP contribution in [0.4, 0.5) is 4.79 Å². The first-order valence-electron chi connectivity index (χ1n) is 6.62. The topological polar surface area (TPSA) is 50.7 Å². The van der Waals surface area contributed by atoms with Crippen LogP contribution in [0.25, 0.3) is 0 Å². The van der Waals surface area contributed by atoms with E-state index in [4.69, 9.17) is 4.74 Å². The van der Waals surface area contributed by atoms with Gasteiger partial charge in [0.1, 0.15) is 0 Å². The van der Waals surface area contributed by atoms with Gasteiger partial charge in [0, 0.05) is 0 Å². The number of nitrogens with one attached hydrogen (secondary N) is 1. The van der Waals surface area contributed by atoms with Gasteiger partial charge in [-0.15, -0.1) is 0 Å². The molecular weight excluding hydrogens is 319 g/mol. The average Bonchev–Trinajstić information content (AvgIpc) is 2.43. The first kappa shape index (κ1) is 16.6. The second kappa shape index (κ2) is 9.49. The summed E-state index contributed by atoms with van der Waals surface area (Å²) in [5.74, 6) is 0.477. The minimum atomic E-state index is -0.408. The Bertz CT molecular complexity index is 456. The number of rotatable bonds is 7. The second-order valence-electron chi connectivity index (χ2n) is 4.96. The Morgan fingerprint density at radius 3 is 2.70 bits per heavy atom. The Hall–Kier alpha value is -1.41. The number of nitrogens with zero attached hydrogens (tertiary/aromatic N) is 1. The predicted octanol–water partition coefficient (Wildman–Crippen LogP) is 2.40. The maximum absolute atomic E-state index is 11.8. The summed E-state index contributed by atoms with van der Waals surface area (Å²) in [5.41, 5.74) is 0.970. The van der Waals surface area contributed by atoms with Gasteiger partial charge in [0.2, 0.25) is 0 Å². The third kappa shape index (κ3) is 7.25. The molecule has 0 saturated heterocycles. The number of hydrogen-bond acceptors (Lipinski definition) is 3. The van der Waals surface area contributed by atoms with Crippen molar-refractivity contribution in [2.75, 3.05) is 6.54 Å². The van der Waals surface area contributed by atoms with Gasteiger partial charge in [-0.25, -0.2) is 0 Å². The number of benzene rings is 1. The average molecular weight is 339 g/mol. The number of hydrogen-bond donors (Lipinski definition) is 1. The SMILES string of the molecule is CC(C)C[C@@H](CN=C=[Se])NC(=O)OCc1ccccc1. The molecule has 0 aliphatic rings. The molecule has 1 rings (SSSR count). The van der Waals surface area contributed by atoms with Crippen LogP contribution in [0.15, 0.2) is 35.3 Å². The quantitative estimate of drug-likeness (QED) is 0.613. The van der Waals surface area contributed by atoms with E-state index in [-0.39, 0.29) is 12.6 Å². The van der Waals surface area contributed by atoms with E-state index in [1.807, 2.05) is 30.3 Å². The van der Waals surface area contributed by atoms with Crippen LogP contribution in [0.3, 0.4) is 0 Å². The van der Waals surface area contributed by atoms with E-state index in [0.29, 0.717) is 12.5 Å². The normalized spacial score (nSPS) is 11.6. The summed E-state index contributed by atoms with van der Waals surface area (Å²) in [6, 6.07) is 9.58. The molecule has 0 aliphatic heterocycles. The summed E-state index contributed by atoms with van der Waals surface area (Å²) < 4.78 is 7.81. The van der Waals surface area contributed by atoms with Crippen molar-refractivity contribution in [1.29, 1.82) is 0 Å². The van der Waals surface area contributed by atoms with Gasteiger partial charge < -0.3 is 0 Å². The Morgan fingerprint density at radius 2 is 2.10 bits per heavy atom. The number of ether oxygens (including phenoxy) is 1. The van der Waals surface area contributed by atoms with E-state index in [1.165, 1.54) is 0 Å². The molecule has 0 aliphatic carbocycles. The van der Waals surface area contributed by atoms with E-state index in [9.17, 15) is 4.79 Å². The summed E-state index contributed by atoms with van der Waals surface area (Å²) in [5, 5.41) is 2.84. The third-order valence-electron chi connectivity index (χ3n) is 2.67. The third-order valence-corrected chi connectivity index (χ3v) is 2.94. The van der Waals surface area contributed by atoms with Crippen LogP contribution >= 0.6 is 0 Å². The summed E-state index contributed by atoms with van der Waals surface area (Å²) >= 11 is 2.59. The van der Waals surface area contributed by atoms with E-state index < -0.39 is 6.09 Å². The molecule has 0 bridgehead atoms. The Balaban J connectivity index is 2.42. The monoisotopic (exact) mass is 340 g/mol. The predicted molar refractivity (Wildman–Crippen MR) is 81.1 cm³/mol. The Morgan fingerprint density at radius 1 is 1.40 bits per heavy atom. The zero-order chi connectivity index (χ0) is 14.8. The summed E-state index contributed by atoms with van der Waals surface area (Å²) in [7, 11) is 0. The van der Waals surface area contributed by atoms with Crippen molar-refractivity contribution in [2.24, 2.45) is 10.9 Å². The zero-order valence-corrected chi connectivity index (χ0v) is 13.5. The standard InChI is InChI=1S/C15H20N2O2Se/c1-12(2)8-14(9-16-11-20)17-15(18)19-10-13-6-4-3-5-7-13/h3-7,12,14H,8-10H2,1-2H3,(H,17,18)/t14-/m0/s1. The summed E-state index contributed by atoms with van der Waals surface area (Å²) in [4.78, 5) is 15.8. The van der Waals surface area contributed by atoms with Gasteiger partial charge in [-0.3, -0.25) is 0 Å². The maximum atomic E-state index is 11.8. The molecule has 0 spiro atoms. The van der Waals surface area contributed by atoms with Gasteiger partial charge in [-0.1, -0.05) is 0 Å². The molecule has 20 heavy (non-hydrogen) atoms. The molecule has 0 unspecified atom stereocenters. The van der Waals surface area contributed by atoms with Crippen molar-refractivity contribution in [2.45, 2.75) is 32.9 Å². The zero-order valence-electron chi connectivity index (χ0n) is 11.8. The molecule has 1 atom stereocenters. The van der Waals surface area contributed by atoms with E-state index in [2.05, 4.69) is 44.4 Å². The van der Waals surface area contributed by atoms with Crippen LogP contribution in [-0.4, -0.2) is 39.0 Å². The fourth-order valence-electron chi connectivity index (χ4n) is 1.83. The summed E-state index contributed by atoms with van der Waals surface area (Å²) in [6.45, 7) is 4.99. The van der Waals surface area contributed by atoms with Crippen molar-refractivity contribution in [1.82, 2.24) is 5.32 Å². The van der Waals surface area contributed by atoms with Crippen LogP contribution in [0.1, 0.15) is 25.8 Å². The molecule has 0 fully saturated rings. The molecular formula is C15H20N2O2Se. The molecule has 1 amide bonds. The van der Waals surface area contributed by atoms with Crippen molar-refractivity contribution < 1.29 is 9.53 Å². The van der Waals surface area contributed by atoms with Crippen molar-refractivity contribution in [3.8, 4) is 0 Å². The van der Waals surface area contributed by atoms with Crippen molar-refractivity contribution in [3.63, 3.8) is 0 Å². The number of carbonyl (C=O) groups excluding carboxylic acids is 1. The van der Waals surface area contributed by atoms with Crippen LogP contribution in [0.2, 0.25) is 0 Å². The molecule has 1 aromatic carbocycles. The molecule has 0 radical (unpaired) electrons. The van der Waals surface area contributed by atoms with Crippen LogP contribution in [0.5, 0.6) is 0 Å². The molecule has 0 aromatic heterocycles.